The molecule has 0 amide bonds. The van der Waals surface area contributed by atoms with Gasteiger partial charge in [-0.25, -0.2) is 9.78 Å². The minimum absolute atomic E-state index is 0.0257. The van der Waals surface area contributed by atoms with Gasteiger partial charge in [0, 0.05) is 0 Å². The quantitative estimate of drug-likeness (QED) is 0.473. The molecule has 0 radical (unpaired) electrons. The number of rotatable bonds is 3. The van der Waals surface area contributed by atoms with Crippen LogP contribution in [0.4, 0.5) is 0 Å². The Kier molecular flexibility index (Phi) is 3.52. The van der Waals surface area contributed by atoms with Crippen LogP contribution in [0.5, 0.6) is 0 Å². The standard InChI is InChI=1S/C12H15ClN2O2/c1-3-17-12(16)11-8(2)14-7-15(11)10-5-4-9(13)6-10/h4-5,7,9-10H,3,6H2,1-2H3/t9-,10+/m0/s1. The van der Waals surface area contributed by atoms with Crippen molar-refractivity contribution in [2.75, 3.05) is 6.61 Å². The van der Waals surface area contributed by atoms with Gasteiger partial charge in [-0.3, -0.25) is 0 Å². The number of hydrogen-bond donors (Lipinski definition) is 0. The number of aryl methyl sites for hydroxylation is 1. The van der Waals surface area contributed by atoms with E-state index in [4.69, 9.17) is 16.3 Å². The van der Waals surface area contributed by atoms with Gasteiger partial charge in [0.2, 0.25) is 0 Å². The molecule has 0 spiro atoms. The molecular formula is C12H15ClN2O2. The summed E-state index contributed by atoms with van der Waals surface area (Å²) in [6, 6.07) is 0.0955. The molecule has 1 aliphatic rings. The van der Waals surface area contributed by atoms with E-state index in [1.54, 1.807) is 20.2 Å². The maximum Gasteiger partial charge on any atom is 0.356 e. The zero-order valence-electron chi connectivity index (χ0n) is 9.89. The van der Waals surface area contributed by atoms with Crippen LogP contribution >= 0.6 is 11.6 Å². The Morgan fingerprint density at radius 3 is 3.00 bits per heavy atom. The highest BCUT2D eigenvalue weighted by Crippen LogP contribution is 2.28. The van der Waals surface area contributed by atoms with Crippen LogP contribution in [0.1, 0.15) is 35.6 Å². The van der Waals surface area contributed by atoms with Crippen molar-refractivity contribution in [2.24, 2.45) is 0 Å². The summed E-state index contributed by atoms with van der Waals surface area (Å²) >= 11 is 6.02. The fraction of sp³-hybridized carbons (Fsp3) is 0.500. The van der Waals surface area contributed by atoms with E-state index in [1.165, 1.54) is 0 Å². The number of alkyl halides is 1. The fourth-order valence-corrected chi connectivity index (χ4v) is 2.27. The predicted molar refractivity (Wildman–Crippen MR) is 65.4 cm³/mol. The highest BCUT2D eigenvalue weighted by Gasteiger charge is 2.25. The third kappa shape index (κ3) is 2.36. The zero-order chi connectivity index (χ0) is 12.4. The summed E-state index contributed by atoms with van der Waals surface area (Å²) in [5.74, 6) is -0.325. The van der Waals surface area contributed by atoms with E-state index in [9.17, 15) is 4.79 Å². The number of nitrogens with zero attached hydrogens (tertiary/aromatic N) is 2. The lowest BCUT2D eigenvalue weighted by Gasteiger charge is -2.14. The van der Waals surface area contributed by atoms with Crippen molar-refractivity contribution in [1.82, 2.24) is 9.55 Å². The number of aromatic nitrogens is 2. The molecule has 0 saturated heterocycles. The minimum atomic E-state index is -0.325. The Morgan fingerprint density at radius 1 is 1.65 bits per heavy atom. The highest BCUT2D eigenvalue weighted by atomic mass is 35.5. The lowest BCUT2D eigenvalue weighted by Crippen LogP contribution is -2.16. The van der Waals surface area contributed by atoms with Gasteiger partial charge in [-0.2, -0.15) is 0 Å². The van der Waals surface area contributed by atoms with Crippen molar-refractivity contribution in [3.8, 4) is 0 Å². The number of esters is 1. The third-order valence-corrected chi connectivity index (χ3v) is 3.14. The van der Waals surface area contributed by atoms with Crippen molar-refractivity contribution in [2.45, 2.75) is 31.7 Å². The van der Waals surface area contributed by atoms with Gasteiger partial charge in [-0.1, -0.05) is 12.2 Å². The molecule has 1 aliphatic carbocycles. The monoisotopic (exact) mass is 254 g/mol. The maximum absolute atomic E-state index is 11.8. The van der Waals surface area contributed by atoms with E-state index in [2.05, 4.69) is 4.98 Å². The number of carbonyl (C=O) groups excluding carboxylic acids is 1. The van der Waals surface area contributed by atoms with Gasteiger partial charge in [-0.15, -0.1) is 11.6 Å². The largest absolute Gasteiger partial charge is 0.461 e. The Hall–Kier alpha value is -1.29. The first-order valence-corrected chi connectivity index (χ1v) is 6.10. The summed E-state index contributed by atoms with van der Waals surface area (Å²) in [5, 5.41) is 0.0257. The summed E-state index contributed by atoms with van der Waals surface area (Å²) < 4.78 is 6.88. The summed E-state index contributed by atoms with van der Waals surface area (Å²) in [4.78, 5) is 16.0. The molecule has 0 aliphatic heterocycles. The smallest absolute Gasteiger partial charge is 0.356 e. The molecule has 0 saturated carbocycles. The van der Waals surface area contributed by atoms with Gasteiger partial charge in [0.05, 0.1) is 30.0 Å². The predicted octanol–water partition coefficient (Wildman–Crippen LogP) is 2.48. The molecule has 0 unspecified atom stereocenters. The molecular weight excluding hydrogens is 240 g/mol. The first kappa shape index (κ1) is 12.2. The summed E-state index contributed by atoms with van der Waals surface area (Å²) in [7, 11) is 0. The molecule has 17 heavy (non-hydrogen) atoms. The lowest BCUT2D eigenvalue weighted by atomic mass is 10.2. The summed E-state index contributed by atoms with van der Waals surface area (Å²) in [6.45, 7) is 3.96. The minimum Gasteiger partial charge on any atom is -0.461 e. The van der Waals surface area contributed by atoms with Crippen LogP contribution in [0.25, 0.3) is 0 Å². The molecule has 2 rings (SSSR count). The van der Waals surface area contributed by atoms with Crippen LogP contribution in [0.15, 0.2) is 18.5 Å². The van der Waals surface area contributed by atoms with Crippen LogP contribution in [0, 0.1) is 6.92 Å². The second kappa shape index (κ2) is 4.92. The molecule has 0 bridgehead atoms. The van der Waals surface area contributed by atoms with E-state index < -0.39 is 0 Å². The molecule has 4 nitrogen and oxygen atoms in total. The molecule has 5 heteroatoms. The molecule has 92 valence electrons. The van der Waals surface area contributed by atoms with Gasteiger partial charge in [0.15, 0.2) is 5.69 Å². The van der Waals surface area contributed by atoms with E-state index in [1.807, 2.05) is 16.7 Å². The van der Waals surface area contributed by atoms with Crippen molar-refractivity contribution < 1.29 is 9.53 Å². The van der Waals surface area contributed by atoms with Crippen molar-refractivity contribution in [3.63, 3.8) is 0 Å². The van der Waals surface area contributed by atoms with Crippen LogP contribution in [0.2, 0.25) is 0 Å². The van der Waals surface area contributed by atoms with E-state index in [0.29, 0.717) is 18.0 Å². The lowest BCUT2D eigenvalue weighted by molar-refractivity contribution is 0.0511. The van der Waals surface area contributed by atoms with Gasteiger partial charge >= 0.3 is 5.97 Å². The van der Waals surface area contributed by atoms with E-state index >= 15 is 0 Å². The van der Waals surface area contributed by atoms with Crippen molar-refractivity contribution >= 4 is 17.6 Å². The zero-order valence-corrected chi connectivity index (χ0v) is 10.6. The van der Waals surface area contributed by atoms with Gasteiger partial charge in [0.25, 0.3) is 0 Å². The van der Waals surface area contributed by atoms with Gasteiger partial charge in [0.1, 0.15) is 0 Å². The molecule has 1 aromatic heterocycles. The number of hydrogen-bond acceptors (Lipinski definition) is 3. The number of allylic oxidation sites excluding steroid dienone is 2. The fourth-order valence-electron chi connectivity index (χ4n) is 2.00. The van der Waals surface area contributed by atoms with Crippen LogP contribution in [-0.4, -0.2) is 27.5 Å². The van der Waals surface area contributed by atoms with Crippen molar-refractivity contribution in [3.05, 3.63) is 29.9 Å². The normalized spacial score (nSPS) is 23.0. The van der Waals surface area contributed by atoms with Crippen LogP contribution in [0.3, 0.4) is 0 Å². The molecule has 0 N–H and O–H groups in total. The number of ether oxygens (including phenoxy) is 1. The molecule has 1 heterocycles. The van der Waals surface area contributed by atoms with Gasteiger partial charge < -0.3 is 9.30 Å². The van der Waals surface area contributed by atoms with Crippen molar-refractivity contribution in [1.29, 1.82) is 0 Å². The highest BCUT2D eigenvalue weighted by molar-refractivity contribution is 6.22. The van der Waals surface area contributed by atoms with Gasteiger partial charge in [-0.05, 0) is 20.3 Å². The third-order valence-electron chi connectivity index (χ3n) is 2.81. The second-order valence-corrected chi connectivity index (χ2v) is 4.57. The summed E-state index contributed by atoms with van der Waals surface area (Å²) in [5.41, 5.74) is 1.21. The summed E-state index contributed by atoms with van der Waals surface area (Å²) in [6.07, 6.45) is 6.40. The van der Waals surface area contributed by atoms with Crippen LogP contribution < -0.4 is 0 Å². The number of carbonyl (C=O) groups is 1. The first-order valence-electron chi connectivity index (χ1n) is 5.66. The Balaban J connectivity index is 2.29. The topological polar surface area (TPSA) is 44.1 Å². The van der Waals surface area contributed by atoms with Crippen LogP contribution in [-0.2, 0) is 4.74 Å². The molecule has 2 atom stereocenters. The average molecular weight is 255 g/mol. The Morgan fingerprint density at radius 2 is 2.41 bits per heavy atom. The first-order chi connectivity index (χ1) is 8.13. The molecule has 0 fully saturated rings. The average Bonchev–Trinajstić information content (AvgIpc) is 2.85. The Bertz CT molecular complexity index is 453. The maximum atomic E-state index is 11.8. The molecule has 1 aromatic rings. The molecule has 0 aromatic carbocycles. The second-order valence-electron chi connectivity index (χ2n) is 4.01. The van der Waals surface area contributed by atoms with E-state index in [0.717, 1.165) is 6.42 Å². The number of imidazole rings is 1. The van der Waals surface area contributed by atoms with E-state index in [-0.39, 0.29) is 17.4 Å². The Labute approximate surface area is 105 Å². The SMILES string of the molecule is CCOC(=O)c1c(C)ncn1[C@@H]1C=C[C@H](Cl)C1. The number of halogens is 1.